The summed E-state index contributed by atoms with van der Waals surface area (Å²) in [6.07, 6.45) is 2.36. The fraction of sp³-hybridized carbons (Fsp3) is 0.500. The van der Waals surface area contributed by atoms with E-state index in [9.17, 15) is 14.4 Å². The number of aliphatic imine (C=N–C) groups is 1. The Kier molecular flexibility index (Phi) is 6.72. The van der Waals surface area contributed by atoms with E-state index in [4.69, 9.17) is 4.74 Å². The van der Waals surface area contributed by atoms with E-state index in [-0.39, 0.29) is 28.2 Å². The molecule has 3 rings (SSSR count). The summed E-state index contributed by atoms with van der Waals surface area (Å²) in [6, 6.07) is 7.28. The van der Waals surface area contributed by atoms with E-state index in [0.29, 0.717) is 26.1 Å². The van der Waals surface area contributed by atoms with Crippen LogP contribution < -0.4 is 10.1 Å². The van der Waals surface area contributed by atoms with Crippen molar-refractivity contribution in [2.45, 2.75) is 44.4 Å². The minimum Gasteiger partial charge on any atom is -0.492 e. The van der Waals surface area contributed by atoms with Crippen molar-refractivity contribution in [3.8, 4) is 5.75 Å². The van der Waals surface area contributed by atoms with E-state index in [0.717, 1.165) is 41.8 Å². The molecule has 7 nitrogen and oxygen atoms in total. The van der Waals surface area contributed by atoms with Gasteiger partial charge in [0.1, 0.15) is 24.2 Å². The molecule has 1 N–H and O–H groups in total. The van der Waals surface area contributed by atoms with Crippen LogP contribution in [0.2, 0.25) is 0 Å². The lowest BCUT2D eigenvalue weighted by Gasteiger charge is -2.30. The van der Waals surface area contributed by atoms with Gasteiger partial charge in [-0.15, -0.1) is 0 Å². The van der Waals surface area contributed by atoms with Gasteiger partial charge < -0.3 is 9.64 Å². The van der Waals surface area contributed by atoms with Crippen LogP contribution in [0.4, 0.5) is 4.79 Å². The van der Waals surface area contributed by atoms with E-state index < -0.39 is 0 Å². The van der Waals surface area contributed by atoms with Crippen molar-refractivity contribution in [3.63, 3.8) is 0 Å². The van der Waals surface area contributed by atoms with E-state index in [1.807, 2.05) is 36.1 Å². The zero-order valence-electron chi connectivity index (χ0n) is 16.1. The van der Waals surface area contributed by atoms with Gasteiger partial charge in [0.15, 0.2) is 5.78 Å². The minimum atomic E-state index is -0.366. The van der Waals surface area contributed by atoms with Gasteiger partial charge in [0.2, 0.25) is 5.91 Å². The molecule has 28 heavy (non-hydrogen) atoms. The predicted octanol–water partition coefficient (Wildman–Crippen LogP) is 2.43. The molecule has 2 heterocycles. The number of nitrogens with one attached hydrogen (secondary N) is 1. The Morgan fingerprint density at radius 2 is 2.00 bits per heavy atom. The first-order valence-electron chi connectivity index (χ1n) is 9.53. The lowest BCUT2D eigenvalue weighted by atomic mass is 10.1. The van der Waals surface area contributed by atoms with Crippen molar-refractivity contribution in [2.75, 3.05) is 19.7 Å². The van der Waals surface area contributed by atoms with Gasteiger partial charge in [0, 0.05) is 6.42 Å². The molecule has 1 aromatic rings. The largest absolute Gasteiger partial charge is 0.492 e. The average molecular weight is 404 g/mol. The van der Waals surface area contributed by atoms with Crippen molar-refractivity contribution in [3.05, 3.63) is 29.8 Å². The Labute approximate surface area is 168 Å². The van der Waals surface area contributed by atoms with Crippen LogP contribution >= 0.6 is 11.8 Å². The molecular formula is C20H25N3O4S. The molecule has 1 fully saturated rings. The zero-order valence-corrected chi connectivity index (χ0v) is 17.0. The fourth-order valence-electron chi connectivity index (χ4n) is 3.18. The number of benzene rings is 1. The Balaban J connectivity index is 1.49. The Hall–Kier alpha value is -2.35. The number of nitrogens with zero attached hydrogens (tertiary/aromatic N) is 2. The van der Waals surface area contributed by atoms with E-state index in [1.54, 1.807) is 0 Å². The predicted molar refractivity (Wildman–Crippen MR) is 109 cm³/mol. The third kappa shape index (κ3) is 5.13. The second-order valence-corrected chi connectivity index (χ2v) is 8.11. The third-order valence-electron chi connectivity index (χ3n) is 4.74. The fourth-order valence-corrected chi connectivity index (χ4v) is 4.04. The van der Waals surface area contributed by atoms with Gasteiger partial charge in [-0.05, 0) is 37.5 Å². The molecule has 1 saturated heterocycles. The van der Waals surface area contributed by atoms with Crippen LogP contribution in [0.1, 0.15) is 32.3 Å². The molecular weight excluding hydrogens is 378 g/mol. The summed E-state index contributed by atoms with van der Waals surface area (Å²) in [5, 5.41) is 1.65. The highest BCUT2D eigenvalue weighted by Gasteiger charge is 2.31. The Morgan fingerprint density at radius 1 is 1.25 bits per heavy atom. The molecule has 1 aromatic carbocycles. The molecule has 2 amide bonds. The summed E-state index contributed by atoms with van der Waals surface area (Å²) in [5.74, 6) is 1.62. The number of carbonyl (C=O) groups is 3. The first-order valence-corrected chi connectivity index (χ1v) is 10.4. The quantitative estimate of drug-likeness (QED) is 0.717. The molecule has 2 aliphatic heterocycles. The van der Waals surface area contributed by atoms with Crippen molar-refractivity contribution < 1.29 is 19.1 Å². The standard InChI is InChI=1S/C20H25N3O4S/c1-3-4-18-21-13(2)16(24)12-23(18)9-10-27-15-7-5-14(6-8-15)11-17-19(25)22-20(26)28-17/h5-8,13,17H,3-4,9-12H2,1-2H3,(H,22,25,26). The molecule has 0 aliphatic carbocycles. The Morgan fingerprint density at radius 3 is 2.64 bits per heavy atom. The Bertz CT molecular complexity index is 778. The van der Waals surface area contributed by atoms with Crippen LogP contribution in [0.15, 0.2) is 29.3 Å². The number of hydrogen-bond acceptors (Lipinski definition) is 7. The number of ether oxygens (including phenoxy) is 1. The molecule has 2 aliphatic rings. The highest BCUT2D eigenvalue weighted by molar-refractivity contribution is 8.15. The number of hydrogen-bond donors (Lipinski definition) is 1. The highest BCUT2D eigenvalue weighted by Crippen LogP contribution is 2.24. The number of rotatable bonds is 8. The maximum Gasteiger partial charge on any atom is 0.286 e. The normalized spacial score (nSPS) is 22.3. The summed E-state index contributed by atoms with van der Waals surface area (Å²) < 4.78 is 5.81. The van der Waals surface area contributed by atoms with Crippen LogP contribution in [0.3, 0.4) is 0 Å². The summed E-state index contributed by atoms with van der Waals surface area (Å²) in [4.78, 5) is 41.4. The number of ketones is 1. The maximum atomic E-state index is 12.0. The van der Waals surface area contributed by atoms with Gasteiger partial charge in [-0.2, -0.15) is 0 Å². The first kappa shape index (κ1) is 20.4. The summed E-state index contributed by atoms with van der Waals surface area (Å²) >= 11 is 1.03. The van der Waals surface area contributed by atoms with E-state index in [2.05, 4.69) is 17.2 Å². The summed E-state index contributed by atoms with van der Waals surface area (Å²) in [6.45, 7) is 5.40. The van der Waals surface area contributed by atoms with Gasteiger partial charge in [-0.25, -0.2) is 0 Å². The molecule has 8 heteroatoms. The van der Waals surface area contributed by atoms with Crippen molar-refractivity contribution in [1.82, 2.24) is 10.2 Å². The molecule has 0 bridgehead atoms. The third-order valence-corrected chi connectivity index (χ3v) is 5.72. The second kappa shape index (κ2) is 9.23. The van der Waals surface area contributed by atoms with Gasteiger partial charge in [0.25, 0.3) is 5.24 Å². The minimum absolute atomic E-state index is 0.136. The molecule has 0 spiro atoms. The molecule has 0 saturated carbocycles. The van der Waals surface area contributed by atoms with E-state index in [1.165, 1.54) is 0 Å². The van der Waals surface area contributed by atoms with Crippen molar-refractivity contribution in [1.29, 1.82) is 0 Å². The number of Topliss-reactive ketones (excluding diaryl/α,β-unsaturated/α-hetero) is 1. The topological polar surface area (TPSA) is 88.1 Å². The summed E-state index contributed by atoms with van der Waals surface area (Å²) in [5.41, 5.74) is 0.975. The van der Waals surface area contributed by atoms with Crippen LogP contribution in [0.5, 0.6) is 5.75 Å². The van der Waals surface area contributed by atoms with Crippen LogP contribution in [0, 0.1) is 0 Å². The molecule has 2 unspecified atom stereocenters. The molecule has 0 radical (unpaired) electrons. The highest BCUT2D eigenvalue weighted by atomic mass is 32.2. The molecule has 150 valence electrons. The van der Waals surface area contributed by atoms with Crippen LogP contribution in [0.25, 0.3) is 0 Å². The number of carbonyl (C=O) groups excluding carboxylic acids is 3. The van der Waals surface area contributed by atoms with Gasteiger partial charge >= 0.3 is 0 Å². The second-order valence-electron chi connectivity index (χ2n) is 6.94. The monoisotopic (exact) mass is 403 g/mol. The molecule has 0 aromatic heterocycles. The lowest BCUT2D eigenvalue weighted by molar-refractivity contribution is -0.121. The maximum absolute atomic E-state index is 12.0. The number of imide groups is 1. The lowest BCUT2D eigenvalue weighted by Crippen LogP contribution is -2.45. The number of thioether (sulfide) groups is 1. The number of amides is 2. The van der Waals surface area contributed by atoms with Gasteiger partial charge in [-0.3, -0.25) is 24.7 Å². The first-order chi connectivity index (χ1) is 13.5. The molecule has 2 atom stereocenters. The van der Waals surface area contributed by atoms with Crippen LogP contribution in [-0.4, -0.2) is 58.7 Å². The van der Waals surface area contributed by atoms with Gasteiger partial charge in [-0.1, -0.05) is 30.8 Å². The van der Waals surface area contributed by atoms with E-state index >= 15 is 0 Å². The SMILES string of the molecule is CCCC1=NC(C)C(=O)CN1CCOc1ccc(CC2SC(=O)NC2=O)cc1. The summed E-state index contributed by atoms with van der Waals surface area (Å²) in [7, 11) is 0. The smallest absolute Gasteiger partial charge is 0.286 e. The number of amidine groups is 1. The van der Waals surface area contributed by atoms with Gasteiger partial charge in [0.05, 0.1) is 18.3 Å². The van der Waals surface area contributed by atoms with Crippen molar-refractivity contribution >= 4 is 34.5 Å². The van der Waals surface area contributed by atoms with Crippen LogP contribution in [-0.2, 0) is 16.0 Å². The zero-order chi connectivity index (χ0) is 20.1. The average Bonchev–Trinajstić information content (AvgIpc) is 2.97. The van der Waals surface area contributed by atoms with Crippen molar-refractivity contribution in [2.24, 2.45) is 4.99 Å².